The normalized spacial score (nSPS) is 10.4. The molecule has 0 heterocycles. The summed E-state index contributed by atoms with van der Waals surface area (Å²) in [7, 11) is 0. The smallest absolute Gasteiger partial charge is 0.338 e. The van der Waals surface area contributed by atoms with E-state index in [0.29, 0.717) is 16.8 Å². The molecular formula is C19H21NO3. The van der Waals surface area contributed by atoms with E-state index in [-0.39, 0.29) is 12.4 Å². The monoisotopic (exact) mass is 311 g/mol. The van der Waals surface area contributed by atoms with Crippen molar-refractivity contribution in [2.45, 2.75) is 27.7 Å². The van der Waals surface area contributed by atoms with Gasteiger partial charge in [-0.05, 0) is 68.1 Å². The first kappa shape index (κ1) is 16.7. The minimum atomic E-state index is -0.551. The Hall–Kier alpha value is -2.62. The summed E-state index contributed by atoms with van der Waals surface area (Å²) in [6.07, 6.45) is 0. The minimum Gasteiger partial charge on any atom is -0.454 e. The molecule has 0 unspecified atom stereocenters. The largest absolute Gasteiger partial charge is 0.454 e. The summed E-state index contributed by atoms with van der Waals surface area (Å²) in [5.74, 6) is -0.741. The van der Waals surface area contributed by atoms with Crippen LogP contribution >= 0.6 is 0 Å². The first-order chi connectivity index (χ1) is 10.8. The Morgan fingerprint density at radius 1 is 1.00 bits per heavy atom. The molecule has 0 radical (unpaired) electrons. The van der Waals surface area contributed by atoms with Crippen molar-refractivity contribution in [3.05, 3.63) is 63.7 Å². The van der Waals surface area contributed by atoms with Gasteiger partial charge in [0.1, 0.15) is 0 Å². The lowest BCUT2D eigenvalue weighted by molar-refractivity contribution is 0.0474. The van der Waals surface area contributed by atoms with E-state index < -0.39 is 5.97 Å². The molecular weight excluding hydrogens is 290 g/mol. The lowest BCUT2D eigenvalue weighted by Crippen LogP contribution is -2.17. The Labute approximate surface area is 136 Å². The Kier molecular flexibility index (Phi) is 4.84. The first-order valence-corrected chi connectivity index (χ1v) is 7.44. The lowest BCUT2D eigenvalue weighted by Gasteiger charge is -2.14. The number of ketones is 1. The van der Waals surface area contributed by atoms with Crippen LogP contribution in [0, 0.1) is 27.7 Å². The van der Waals surface area contributed by atoms with Gasteiger partial charge in [-0.3, -0.25) is 4.79 Å². The van der Waals surface area contributed by atoms with Gasteiger partial charge in [0, 0.05) is 11.3 Å². The van der Waals surface area contributed by atoms with Crippen molar-refractivity contribution in [2.24, 2.45) is 0 Å². The molecule has 0 aliphatic heterocycles. The lowest BCUT2D eigenvalue weighted by atomic mass is 9.92. The molecule has 0 bridgehead atoms. The minimum absolute atomic E-state index is 0.191. The van der Waals surface area contributed by atoms with Gasteiger partial charge in [-0.15, -0.1) is 0 Å². The third-order valence-corrected chi connectivity index (χ3v) is 4.10. The molecule has 0 aliphatic rings. The van der Waals surface area contributed by atoms with Crippen molar-refractivity contribution >= 4 is 17.4 Å². The van der Waals surface area contributed by atoms with Crippen molar-refractivity contribution in [3.63, 3.8) is 0 Å². The number of aryl methyl sites for hydroxylation is 2. The van der Waals surface area contributed by atoms with Crippen LogP contribution in [0.2, 0.25) is 0 Å². The molecule has 4 nitrogen and oxygen atoms in total. The van der Waals surface area contributed by atoms with Gasteiger partial charge in [-0.2, -0.15) is 0 Å². The molecule has 2 rings (SSSR count). The van der Waals surface area contributed by atoms with Gasteiger partial charge in [0.15, 0.2) is 6.61 Å². The molecule has 0 saturated carbocycles. The van der Waals surface area contributed by atoms with Gasteiger partial charge in [-0.25, -0.2) is 4.79 Å². The fraction of sp³-hybridized carbons (Fsp3) is 0.263. The molecule has 2 N–H and O–H groups in total. The number of hydrogen-bond donors (Lipinski definition) is 1. The molecule has 0 saturated heterocycles. The average molecular weight is 311 g/mol. The molecule has 23 heavy (non-hydrogen) atoms. The number of benzene rings is 2. The summed E-state index contributed by atoms with van der Waals surface area (Å²) in [6.45, 7) is 7.48. The van der Waals surface area contributed by atoms with E-state index in [9.17, 15) is 9.59 Å². The SMILES string of the molecule is Cc1cc(C)c(C)c(C(=O)COC(=O)c2cccc(N)c2)c1C. The van der Waals surface area contributed by atoms with Crippen molar-refractivity contribution in [1.82, 2.24) is 0 Å². The highest BCUT2D eigenvalue weighted by Gasteiger charge is 2.18. The van der Waals surface area contributed by atoms with E-state index in [1.54, 1.807) is 18.2 Å². The summed E-state index contributed by atoms with van der Waals surface area (Å²) in [5.41, 5.74) is 11.1. The topological polar surface area (TPSA) is 69.4 Å². The first-order valence-electron chi connectivity index (χ1n) is 7.44. The molecule has 0 spiro atoms. The number of rotatable bonds is 4. The number of ether oxygens (including phenoxy) is 1. The van der Waals surface area contributed by atoms with Crippen LogP contribution in [-0.2, 0) is 4.74 Å². The Morgan fingerprint density at radius 2 is 1.61 bits per heavy atom. The summed E-state index contributed by atoms with van der Waals surface area (Å²) in [4.78, 5) is 24.5. The van der Waals surface area contributed by atoms with Crippen molar-refractivity contribution in [1.29, 1.82) is 0 Å². The second-order valence-electron chi connectivity index (χ2n) is 5.76. The number of nitrogens with two attached hydrogens (primary N) is 1. The number of anilines is 1. The quantitative estimate of drug-likeness (QED) is 0.532. The van der Waals surface area contributed by atoms with Gasteiger partial charge in [-0.1, -0.05) is 12.1 Å². The van der Waals surface area contributed by atoms with Crippen LogP contribution < -0.4 is 5.73 Å². The number of carbonyl (C=O) groups is 2. The van der Waals surface area contributed by atoms with Crippen LogP contribution in [0.15, 0.2) is 30.3 Å². The van der Waals surface area contributed by atoms with E-state index in [4.69, 9.17) is 10.5 Å². The molecule has 0 aromatic heterocycles. The summed E-state index contributed by atoms with van der Waals surface area (Å²) < 4.78 is 5.14. The van der Waals surface area contributed by atoms with E-state index in [2.05, 4.69) is 6.07 Å². The molecule has 0 aliphatic carbocycles. The third-order valence-electron chi connectivity index (χ3n) is 4.10. The van der Waals surface area contributed by atoms with Crippen LogP contribution in [0.25, 0.3) is 0 Å². The standard InChI is InChI=1S/C19H21NO3/c1-11-8-12(2)14(4)18(13(11)3)17(21)10-23-19(22)15-6-5-7-16(20)9-15/h5-9H,10,20H2,1-4H3. The van der Waals surface area contributed by atoms with Crippen molar-refractivity contribution in [3.8, 4) is 0 Å². The average Bonchev–Trinajstić information content (AvgIpc) is 2.51. The highest BCUT2D eigenvalue weighted by atomic mass is 16.5. The van der Waals surface area contributed by atoms with Crippen LogP contribution in [0.4, 0.5) is 5.69 Å². The Bertz CT molecular complexity index is 752. The van der Waals surface area contributed by atoms with E-state index in [0.717, 1.165) is 22.3 Å². The fourth-order valence-corrected chi connectivity index (χ4v) is 2.59. The predicted molar refractivity (Wildman–Crippen MR) is 90.9 cm³/mol. The second kappa shape index (κ2) is 6.65. The predicted octanol–water partition coefficient (Wildman–Crippen LogP) is 3.54. The molecule has 0 atom stereocenters. The van der Waals surface area contributed by atoms with Crippen LogP contribution in [-0.4, -0.2) is 18.4 Å². The number of Topliss-reactive ketones (excluding diaryl/α,β-unsaturated/α-hetero) is 1. The van der Waals surface area contributed by atoms with Gasteiger partial charge < -0.3 is 10.5 Å². The van der Waals surface area contributed by atoms with Crippen LogP contribution in [0.5, 0.6) is 0 Å². The number of esters is 1. The van der Waals surface area contributed by atoms with Gasteiger partial charge >= 0.3 is 5.97 Å². The van der Waals surface area contributed by atoms with Crippen LogP contribution in [0.1, 0.15) is 43.0 Å². The zero-order valence-corrected chi connectivity index (χ0v) is 13.9. The molecule has 0 fully saturated rings. The molecule has 120 valence electrons. The van der Waals surface area contributed by atoms with Crippen LogP contribution in [0.3, 0.4) is 0 Å². The summed E-state index contributed by atoms with van der Waals surface area (Å²) in [5, 5.41) is 0. The highest BCUT2D eigenvalue weighted by Crippen LogP contribution is 2.22. The van der Waals surface area contributed by atoms with Gasteiger partial charge in [0.2, 0.25) is 5.78 Å². The van der Waals surface area contributed by atoms with E-state index in [1.807, 2.05) is 27.7 Å². The maximum atomic E-state index is 12.5. The Balaban J connectivity index is 2.16. The molecule has 4 heteroatoms. The zero-order chi connectivity index (χ0) is 17.1. The van der Waals surface area contributed by atoms with Gasteiger partial charge in [0.05, 0.1) is 5.56 Å². The number of hydrogen-bond acceptors (Lipinski definition) is 4. The summed E-state index contributed by atoms with van der Waals surface area (Å²) >= 11 is 0. The zero-order valence-electron chi connectivity index (χ0n) is 13.9. The number of carbonyl (C=O) groups excluding carboxylic acids is 2. The van der Waals surface area contributed by atoms with Crippen molar-refractivity contribution < 1.29 is 14.3 Å². The molecule has 2 aromatic carbocycles. The fourth-order valence-electron chi connectivity index (χ4n) is 2.59. The molecule has 2 aromatic rings. The second-order valence-corrected chi connectivity index (χ2v) is 5.76. The molecule has 0 amide bonds. The van der Waals surface area contributed by atoms with E-state index >= 15 is 0 Å². The maximum Gasteiger partial charge on any atom is 0.338 e. The maximum absolute atomic E-state index is 12.5. The van der Waals surface area contributed by atoms with Gasteiger partial charge in [0.25, 0.3) is 0 Å². The van der Waals surface area contributed by atoms with Crippen molar-refractivity contribution in [2.75, 3.05) is 12.3 Å². The number of nitrogen functional groups attached to an aromatic ring is 1. The summed E-state index contributed by atoms with van der Waals surface area (Å²) in [6, 6.07) is 8.55. The third kappa shape index (κ3) is 3.59. The Morgan fingerprint density at radius 3 is 2.17 bits per heavy atom. The van der Waals surface area contributed by atoms with E-state index in [1.165, 1.54) is 6.07 Å². The highest BCUT2D eigenvalue weighted by molar-refractivity contribution is 6.02.